The van der Waals surface area contributed by atoms with E-state index in [4.69, 9.17) is 19.3 Å². The van der Waals surface area contributed by atoms with Gasteiger partial charge in [-0.3, -0.25) is 14.1 Å². The van der Waals surface area contributed by atoms with E-state index in [1.165, 1.54) is 205 Å². The Morgan fingerprint density at radius 3 is 1.07 bits per heavy atom. The zero-order valence-corrected chi connectivity index (χ0v) is 40.3. The average molecular weight is 869 g/mol. The molecule has 9 heteroatoms. The molecule has 1 atom stereocenters. The van der Waals surface area contributed by atoms with Crippen molar-refractivity contribution in [3.63, 3.8) is 0 Å². The summed E-state index contributed by atoms with van der Waals surface area (Å²) in [5, 5.41) is 0. The molecule has 8 nitrogen and oxygen atoms in total. The van der Waals surface area contributed by atoms with Crippen molar-refractivity contribution in [1.82, 2.24) is 0 Å². The fourth-order valence-corrected chi connectivity index (χ4v) is 7.97. The van der Waals surface area contributed by atoms with Crippen molar-refractivity contribution in [3.05, 3.63) is 24.3 Å². The van der Waals surface area contributed by atoms with Gasteiger partial charge in [-0.25, -0.2) is 4.57 Å². The molecular weight excluding hydrogens is 772 g/mol. The highest BCUT2D eigenvalue weighted by Gasteiger charge is 2.22. The third-order valence-corrected chi connectivity index (χ3v) is 11.9. The molecule has 0 aromatic heterocycles. The molecule has 0 rings (SSSR count). The topological polar surface area (TPSA) is 119 Å². The monoisotopic (exact) mass is 869 g/mol. The van der Waals surface area contributed by atoms with Crippen molar-refractivity contribution in [1.29, 1.82) is 0 Å². The summed E-state index contributed by atoms with van der Waals surface area (Å²) in [6.45, 7) is 3.71. The van der Waals surface area contributed by atoms with E-state index in [1.807, 2.05) is 0 Å². The Balaban J connectivity index is 3.82. The van der Waals surface area contributed by atoms with E-state index >= 15 is 0 Å². The fourth-order valence-electron chi connectivity index (χ4n) is 7.61. The highest BCUT2D eigenvalue weighted by atomic mass is 31.2. The summed E-state index contributed by atoms with van der Waals surface area (Å²) >= 11 is 0. The van der Waals surface area contributed by atoms with Gasteiger partial charge in [0.25, 0.3) is 0 Å². The van der Waals surface area contributed by atoms with E-state index < -0.39 is 32.5 Å². The van der Waals surface area contributed by atoms with Crippen molar-refractivity contribution >= 4 is 19.8 Å². The van der Waals surface area contributed by atoms with Gasteiger partial charge in [-0.15, -0.1) is 0 Å². The molecule has 2 N–H and O–H groups in total. The first-order valence-electron chi connectivity index (χ1n) is 25.6. The molecule has 0 spiro atoms. The first-order chi connectivity index (χ1) is 29.3. The SMILES string of the molecule is CCCCCCCC/C=C/CCCCCCCCCCCC(=O)OC[C@H](COP(=O)(O)O)OC(=O)CCC/C=C/CCCCCCCCCCCCCCCCCCCC. The maximum atomic E-state index is 12.5. The standard InChI is InChI=1S/C51H97O8P/c1-3-5-7-9-11-13-15-17-19-21-23-24-25-26-28-30-32-34-36-38-40-42-44-46-51(53)59-49(48-58-60(54,55)56)47-57-50(52)45-43-41-39-37-35-33-31-29-27-22-20-18-16-14-12-10-8-6-4-2/h18,20,38,40,49H,3-17,19,21-37,39,41-48H2,1-2H3,(H2,54,55,56)/b20-18+,40-38+/t49-/m1/s1. The normalized spacial score (nSPS) is 12.5. The van der Waals surface area contributed by atoms with Gasteiger partial charge in [0.2, 0.25) is 0 Å². The molecule has 0 saturated carbocycles. The van der Waals surface area contributed by atoms with Gasteiger partial charge in [-0.2, -0.15) is 0 Å². The molecule has 0 unspecified atom stereocenters. The number of ether oxygens (including phenoxy) is 2. The molecule has 0 bridgehead atoms. The van der Waals surface area contributed by atoms with Gasteiger partial charge in [-0.05, 0) is 57.8 Å². The van der Waals surface area contributed by atoms with Crippen LogP contribution in [0.15, 0.2) is 24.3 Å². The number of phosphoric acid groups is 1. The minimum absolute atomic E-state index is 0.167. The number of hydrogen-bond donors (Lipinski definition) is 2. The Morgan fingerprint density at radius 2 is 0.717 bits per heavy atom. The van der Waals surface area contributed by atoms with E-state index in [-0.39, 0.29) is 19.4 Å². The quantitative estimate of drug-likeness (QED) is 0.0269. The Hall–Kier alpha value is -1.47. The summed E-state index contributed by atoms with van der Waals surface area (Å²) in [4.78, 5) is 43.1. The van der Waals surface area contributed by atoms with Crippen LogP contribution in [0.3, 0.4) is 0 Å². The summed E-state index contributed by atoms with van der Waals surface area (Å²) < 4.78 is 26.5. The number of hydrogen-bond acceptors (Lipinski definition) is 6. The van der Waals surface area contributed by atoms with E-state index in [1.54, 1.807) is 0 Å². The molecule has 354 valence electrons. The van der Waals surface area contributed by atoms with Crippen molar-refractivity contribution in [2.24, 2.45) is 0 Å². The third-order valence-electron chi connectivity index (χ3n) is 11.4. The summed E-state index contributed by atoms with van der Waals surface area (Å²) in [6, 6.07) is 0. The number of rotatable bonds is 48. The summed E-state index contributed by atoms with van der Waals surface area (Å²) in [6.07, 6.45) is 56.4. The fraction of sp³-hybridized carbons (Fsp3) is 0.882. The zero-order chi connectivity index (χ0) is 43.9. The molecular formula is C51H97O8P. The number of unbranched alkanes of at least 4 members (excludes halogenated alkanes) is 34. The lowest BCUT2D eigenvalue weighted by Crippen LogP contribution is -2.29. The van der Waals surface area contributed by atoms with E-state index in [2.05, 4.69) is 42.7 Å². The van der Waals surface area contributed by atoms with Crippen LogP contribution in [-0.4, -0.2) is 41.0 Å². The Kier molecular flexibility index (Phi) is 45.9. The second-order valence-electron chi connectivity index (χ2n) is 17.5. The van der Waals surface area contributed by atoms with E-state index in [0.717, 1.165) is 32.1 Å². The molecule has 0 aliphatic rings. The van der Waals surface area contributed by atoms with Crippen molar-refractivity contribution < 1.29 is 37.9 Å². The van der Waals surface area contributed by atoms with Crippen LogP contribution in [0.4, 0.5) is 0 Å². The molecule has 0 saturated heterocycles. The van der Waals surface area contributed by atoms with Crippen LogP contribution in [-0.2, 0) is 28.2 Å². The summed E-state index contributed by atoms with van der Waals surface area (Å²) in [5.74, 6) is -0.911. The van der Waals surface area contributed by atoms with Crippen molar-refractivity contribution in [3.8, 4) is 0 Å². The number of phosphoric ester groups is 1. The number of carbonyl (C=O) groups excluding carboxylic acids is 2. The van der Waals surface area contributed by atoms with Gasteiger partial charge in [0.15, 0.2) is 6.10 Å². The van der Waals surface area contributed by atoms with E-state index in [0.29, 0.717) is 6.42 Å². The largest absolute Gasteiger partial charge is 0.469 e. The van der Waals surface area contributed by atoms with Crippen LogP contribution in [0.1, 0.15) is 271 Å². The second-order valence-corrected chi connectivity index (χ2v) is 18.7. The zero-order valence-electron chi connectivity index (χ0n) is 39.4. The second kappa shape index (κ2) is 47.0. The van der Waals surface area contributed by atoms with Crippen LogP contribution in [0.25, 0.3) is 0 Å². The minimum Gasteiger partial charge on any atom is -0.462 e. The molecule has 0 aromatic carbocycles. The predicted octanol–water partition coefficient (Wildman–Crippen LogP) is 16.3. The number of allylic oxidation sites excluding steroid dienone is 4. The van der Waals surface area contributed by atoms with Gasteiger partial charge < -0.3 is 19.3 Å². The molecule has 0 fully saturated rings. The Labute approximate surface area is 370 Å². The predicted molar refractivity (Wildman–Crippen MR) is 253 cm³/mol. The molecule has 0 heterocycles. The van der Waals surface area contributed by atoms with Crippen LogP contribution < -0.4 is 0 Å². The van der Waals surface area contributed by atoms with Crippen LogP contribution in [0.2, 0.25) is 0 Å². The average Bonchev–Trinajstić information content (AvgIpc) is 3.22. The lowest BCUT2D eigenvalue weighted by atomic mass is 10.0. The molecule has 60 heavy (non-hydrogen) atoms. The summed E-state index contributed by atoms with van der Waals surface area (Å²) in [7, 11) is -4.76. The Bertz CT molecular complexity index is 1020. The molecule has 0 aliphatic heterocycles. The molecule has 0 amide bonds. The summed E-state index contributed by atoms with van der Waals surface area (Å²) in [5.41, 5.74) is 0. The van der Waals surface area contributed by atoms with Crippen LogP contribution in [0.5, 0.6) is 0 Å². The lowest BCUT2D eigenvalue weighted by molar-refractivity contribution is -0.161. The molecule has 0 radical (unpaired) electrons. The third kappa shape index (κ3) is 49.2. The van der Waals surface area contributed by atoms with E-state index in [9.17, 15) is 14.2 Å². The maximum absolute atomic E-state index is 12.5. The minimum atomic E-state index is -4.76. The number of esters is 2. The maximum Gasteiger partial charge on any atom is 0.469 e. The van der Waals surface area contributed by atoms with Crippen LogP contribution in [0, 0.1) is 0 Å². The Morgan fingerprint density at radius 1 is 0.417 bits per heavy atom. The van der Waals surface area contributed by atoms with Gasteiger partial charge in [0.1, 0.15) is 6.61 Å². The lowest BCUT2D eigenvalue weighted by Gasteiger charge is -2.18. The van der Waals surface area contributed by atoms with Crippen LogP contribution >= 0.6 is 7.82 Å². The smallest absolute Gasteiger partial charge is 0.462 e. The molecule has 0 aromatic rings. The highest BCUT2D eigenvalue weighted by Crippen LogP contribution is 2.36. The first kappa shape index (κ1) is 58.5. The van der Waals surface area contributed by atoms with Gasteiger partial charge in [-0.1, -0.05) is 224 Å². The van der Waals surface area contributed by atoms with Crippen molar-refractivity contribution in [2.75, 3.05) is 13.2 Å². The van der Waals surface area contributed by atoms with Crippen molar-refractivity contribution in [2.45, 2.75) is 277 Å². The van der Waals surface area contributed by atoms with Gasteiger partial charge in [0, 0.05) is 12.8 Å². The van der Waals surface area contributed by atoms with Gasteiger partial charge >= 0.3 is 19.8 Å². The van der Waals surface area contributed by atoms with Gasteiger partial charge in [0.05, 0.1) is 6.61 Å². The first-order valence-corrected chi connectivity index (χ1v) is 27.2. The number of carbonyl (C=O) groups is 2. The molecule has 0 aliphatic carbocycles. The highest BCUT2D eigenvalue weighted by molar-refractivity contribution is 7.46.